The molecule has 0 bridgehead atoms. The number of methoxy groups -OCH3 is 1. The number of nitro groups is 1. The van der Waals surface area contributed by atoms with Crippen LogP contribution in [0.3, 0.4) is 0 Å². The molecule has 1 heterocycles. The van der Waals surface area contributed by atoms with E-state index in [0.29, 0.717) is 10.6 Å². The third kappa shape index (κ3) is 3.88. The molecule has 0 aliphatic rings. The Balaban J connectivity index is 2.07. The highest BCUT2D eigenvalue weighted by Gasteiger charge is 2.26. The summed E-state index contributed by atoms with van der Waals surface area (Å²) >= 11 is 1.25. The van der Waals surface area contributed by atoms with E-state index in [1.54, 1.807) is 0 Å². The van der Waals surface area contributed by atoms with Crippen molar-refractivity contribution in [2.45, 2.75) is 13.8 Å². The maximum absolute atomic E-state index is 12.9. The predicted molar refractivity (Wildman–Crippen MR) is 112 cm³/mol. The van der Waals surface area contributed by atoms with Crippen molar-refractivity contribution in [2.24, 2.45) is 0 Å². The molecule has 1 aromatic heterocycles. The van der Waals surface area contributed by atoms with E-state index in [2.05, 4.69) is 5.32 Å². The molecule has 3 rings (SSSR count). The number of anilines is 1. The third-order valence-electron chi connectivity index (χ3n) is 4.51. The third-order valence-corrected chi connectivity index (χ3v) is 5.53. The van der Waals surface area contributed by atoms with E-state index < -0.39 is 16.8 Å². The number of hydrogen-bond donors (Lipinski definition) is 1. The molecule has 3 aromatic rings. The van der Waals surface area contributed by atoms with Crippen LogP contribution in [0, 0.1) is 24.0 Å². The lowest BCUT2D eigenvalue weighted by Crippen LogP contribution is -2.16. The van der Waals surface area contributed by atoms with Gasteiger partial charge in [0.15, 0.2) is 0 Å². The molecular formula is C21H18N2O5S. The Hall–Kier alpha value is -3.52. The van der Waals surface area contributed by atoms with Crippen LogP contribution >= 0.6 is 11.3 Å². The number of nitro benzene ring substituents is 1. The fraction of sp³-hybridized carbons (Fsp3) is 0.143. The number of ether oxygens (including phenoxy) is 1. The lowest BCUT2D eigenvalue weighted by atomic mass is 10.0. The van der Waals surface area contributed by atoms with Crippen molar-refractivity contribution >= 4 is 33.9 Å². The zero-order valence-electron chi connectivity index (χ0n) is 16.0. The van der Waals surface area contributed by atoms with E-state index in [9.17, 15) is 19.7 Å². The Morgan fingerprint density at radius 3 is 2.38 bits per heavy atom. The minimum absolute atomic E-state index is 0.141. The molecule has 148 valence electrons. The summed E-state index contributed by atoms with van der Waals surface area (Å²) in [4.78, 5) is 36.8. The number of esters is 1. The van der Waals surface area contributed by atoms with Crippen molar-refractivity contribution in [3.8, 4) is 11.1 Å². The number of thiophene rings is 1. The molecule has 0 saturated carbocycles. The molecule has 0 radical (unpaired) electrons. The molecule has 7 nitrogen and oxygen atoms in total. The number of hydrogen-bond acceptors (Lipinski definition) is 6. The largest absolute Gasteiger partial charge is 0.465 e. The molecule has 29 heavy (non-hydrogen) atoms. The lowest BCUT2D eigenvalue weighted by Gasteiger charge is -2.09. The summed E-state index contributed by atoms with van der Waals surface area (Å²) in [6.45, 7) is 3.37. The van der Waals surface area contributed by atoms with Crippen molar-refractivity contribution in [1.29, 1.82) is 0 Å². The lowest BCUT2D eigenvalue weighted by molar-refractivity contribution is -0.385. The zero-order valence-corrected chi connectivity index (χ0v) is 16.8. The van der Waals surface area contributed by atoms with E-state index in [-0.39, 0.29) is 22.4 Å². The molecule has 0 saturated heterocycles. The molecule has 1 amide bonds. The van der Waals surface area contributed by atoms with Crippen molar-refractivity contribution in [3.63, 3.8) is 0 Å². The van der Waals surface area contributed by atoms with Gasteiger partial charge in [0.1, 0.15) is 10.6 Å². The molecule has 1 N–H and O–H groups in total. The molecule has 0 spiro atoms. The van der Waals surface area contributed by atoms with Crippen molar-refractivity contribution < 1.29 is 19.2 Å². The van der Waals surface area contributed by atoms with Crippen LogP contribution in [-0.2, 0) is 4.74 Å². The normalized spacial score (nSPS) is 10.4. The number of nitrogens with zero attached hydrogens (tertiary/aromatic N) is 1. The van der Waals surface area contributed by atoms with Crippen LogP contribution in [0.2, 0.25) is 0 Å². The Labute approximate surface area is 171 Å². The standard InChI is InChI=1S/C21H18N2O5S/c1-12-15(10-7-11-16(12)23(26)27)19(24)22-20-18(21(25)28-3)17(13(2)29-20)14-8-5-4-6-9-14/h4-11H,1-3H3,(H,22,24). The number of amides is 1. The summed E-state index contributed by atoms with van der Waals surface area (Å²) in [7, 11) is 1.28. The highest BCUT2D eigenvalue weighted by Crippen LogP contribution is 2.40. The average Bonchev–Trinajstić information content (AvgIpc) is 3.03. The first-order valence-electron chi connectivity index (χ1n) is 8.67. The Bertz CT molecular complexity index is 1110. The number of benzene rings is 2. The Morgan fingerprint density at radius 1 is 1.07 bits per heavy atom. The fourth-order valence-corrected chi connectivity index (χ4v) is 4.18. The zero-order chi connectivity index (χ0) is 21.1. The number of carbonyl (C=O) groups excluding carboxylic acids is 2. The molecule has 0 fully saturated rings. The molecule has 0 aliphatic carbocycles. The van der Waals surface area contributed by atoms with Gasteiger partial charge in [0.2, 0.25) is 0 Å². The Kier molecular flexibility index (Phi) is 5.74. The smallest absolute Gasteiger partial charge is 0.341 e. The summed E-state index contributed by atoms with van der Waals surface area (Å²) in [5.74, 6) is -1.10. The van der Waals surface area contributed by atoms with Crippen LogP contribution in [0.1, 0.15) is 31.2 Å². The second-order valence-corrected chi connectivity index (χ2v) is 7.48. The SMILES string of the molecule is COC(=O)c1c(NC(=O)c2cccc([N+](=O)[O-])c2C)sc(C)c1-c1ccccc1. The van der Waals surface area contributed by atoms with Gasteiger partial charge in [0, 0.05) is 27.6 Å². The first-order valence-corrected chi connectivity index (χ1v) is 9.49. The van der Waals surface area contributed by atoms with Gasteiger partial charge in [-0.3, -0.25) is 14.9 Å². The summed E-state index contributed by atoms with van der Waals surface area (Å²) in [6, 6.07) is 13.6. The van der Waals surface area contributed by atoms with Gasteiger partial charge in [-0.15, -0.1) is 11.3 Å². The van der Waals surface area contributed by atoms with Crippen molar-refractivity contribution in [3.05, 3.63) is 80.2 Å². The van der Waals surface area contributed by atoms with Crippen molar-refractivity contribution in [2.75, 3.05) is 12.4 Å². The van der Waals surface area contributed by atoms with E-state index in [4.69, 9.17) is 4.74 Å². The van der Waals surface area contributed by atoms with E-state index in [1.165, 1.54) is 43.6 Å². The maximum Gasteiger partial charge on any atom is 0.341 e. The summed E-state index contributed by atoms with van der Waals surface area (Å²) in [6.07, 6.45) is 0. The van der Waals surface area contributed by atoms with Gasteiger partial charge in [-0.2, -0.15) is 0 Å². The Morgan fingerprint density at radius 2 is 1.76 bits per heavy atom. The van der Waals surface area contributed by atoms with Gasteiger partial charge in [-0.25, -0.2) is 4.79 Å². The summed E-state index contributed by atoms with van der Waals surface area (Å²) in [5, 5.41) is 14.2. The molecular weight excluding hydrogens is 392 g/mol. The molecule has 2 aromatic carbocycles. The summed E-state index contributed by atoms with van der Waals surface area (Å²) in [5.41, 5.74) is 2.06. The van der Waals surface area contributed by atoms with Crippen LogP contribution in [0.15, 0.2) is 48.5 Å². The van der Waals surface area contributed by atoms with Gasteiger partial charge in [0.25, 0.3) is 11.6 Å². The van der Waals surface area contributed by atoms with E-state index >= 15 is 0 Å². The number of rotatable bonds is 5. The molecule has 0 atom stereocenters. The highest BCUT2D eigenvalue weighted by molar-refractivity contribution is 7.17. The number of nitrogens with one attached hydrogen (secondary N) is 1. The van der Waals surface area contributed by atoms with E-state index in [1.807, 2.05) is 37.3 Å². The van der Waals surface area contributed by atoms with E-state index in [0.717, 1.165) is 10.4 Å². The average molecular weight is 410 g/mol. The van der Waals surface area contributed by atoms with Crippen LogP contribution in [0.4, 0.5) is 10.7 Å². The predicted octanol–water partition coefficient (Wildman–Crippen LogP) is 4.98. The monoisotopic (exact) mass is 410 g/mol. The van der Waals surface area contributed by atoms with Crippen LogP contribution in [0.25, 0.3) is 11.1 Å². The molecule has 0 aliphatic heterocycles. The quantitative estimate of drug-likeness (QED) is 0.363. The van der Waals surface area contributed by atoms with Gasteiger partial charge in [-0.05, 0) is 25.5 Å². The second-order valence-electron chi connectivity index (χ2n) is 6.26. The van der Waals surface area contributed by atoms with Crippen LogP contribution in [0.5, 0.6) is 0 Å². The fourth-order valence-electron chi connectivity index (χ4n) is 3.12. The van der Waals surface area contributed by atoms with Gasteiger partial charge < -0.3 is 10.1 Å². The van der Waals surface area contributed by atoms with Gasteiger partial charge in [-0.1, -0.05) is 36.4 Å². The summed E-state index contributed by atoms with van der Waals surface area (Å²) < 4.78 is 4.94. The minimum atomic E-state index is -0.570. The van der Waals surface area contributed by atoms with Crippen LogP contribution in [-0.4, -0.2) is 23.9 Å². The van der Waals surface area contributed by atoms with Gasteiger partial charge >= 0.3 is 5.97 Å². The van der Waals surface area contributed by atoms with Gasteiger partial charge in [0.05, 0.1) is 12.0 Å². The van der Waals surface area contributed by atoms with Crippen molar-refractivity contribution in [1.82, 2.24) is 0 Å². The first kappa shape index (κ1) is 20.2. The second kappa shape index (κ2) is 8.24. The number of aryl methyl sites for hydroxylation is 1. The first-order chi connectivity index (χ1) is 13.8. The topological polar surface area (TPSA) is 98.5 Å². The maximum atomic E-state index is 12.9. The minimum Gasteiger partial charge on any atom is -0.465 e. The molecule has 8 heteroatoms. The number of carbonyl (C=O) groups is 2. The highest BCUT2D eigenvalue weighted by atomic mass is 32.1. The molecule has 0 unspecified atom stereocenters. The van der Waals surface area contributed by atoms with Crippen LogP contribution < -0.4 is 5.32 Å².